The number of aliphatic hydroxyl groups excluding tert-OH is 2. The van der Waals surface area contributed by atoms with Crippen molar-refractivity contribution in [3.63, 3.8) is 0 Å². The number of amides is 4. The first-order chi connectivity index (χ1) is 48.9. The second-order valence-corrected chi connectivity index (χ2v) is 30.8. The SMILES string of the molecule is C.C.C.CC(C)(C)OC(=O)Nc1ncc(CCl)cn1.CC(C)(C)OC(=O)Nc1ncc(CO)cn1.CC(C)(C)OC(=O)OC(=O)OC(C)(C)C.CCc1cnc(N(C(=O)OC(C)(C)C)C(=O)OC(C)(C)C)nc1.C[O-].Cc1ccc(S(=O)(=O)Cl)cc1.Nc1ncc(CO)cn1.[B][B]B([B])B(B([B])[B])B(B([B])[B])B([B])[B].[Na+]. The number of carbonyl (C=O) groups is 6. The summed E-state index contributed by atoms with van der Waals surface area (Å²) >= 11 is 5.58. The molecule has 0 fully saturated rings. The van der Waals surface area contributed by atoms with E-state index in [0.29, 0.717) is 21.9 Å². The zero-order valence-corrected chi connectivity index (χ0v) is 69.9. The molecule has 4 amide bonds. The Morgan fingerprint density at radius 3 is 1.08 bits per heavy atom. The van der Waals surface area contributed by atoms with Gasteiger partial charge in [0.2, 0.25) is 23.8 Å². The Kier molecular flexibility index (Phi) is 60.5. The minimum absolute atomic E-state index is 0. The number of carbonyl (C=O) groups excluding carboxylic acids is 6. The zero-order valence-electron chi connectivity index (χ0n) is 65.6. The summed E-state index contributed by atoms with van der Waals surface area (Å²) in [5.41, 5.74) is 5.10. The van der Waals surface area contributed by atoms with Crippen LogP contribution in [-0.4, -0.2) is 243 Å². The fourth-order valence-electron chi connectivity index (χ4n) is 6.70. The van der Waals surface area contributed by atoms with Crippen LogP contribution >= 0.6 is 22.3 Å². The van der Waals surface area contributed by atoms with Crippen molar-refractivity contribution >= 4 is 199 Å². The topological polar surface area (TPSA) is 421 Å². The van der Waals surface area contributed by atoms with Crippen molar-refractivity contribution in [1.29, 1.82) is 0 Å². The van der Waals surface area contributed by atoms with Crippen molar-refractivity contribution in [1.82, 2.24) is 39.9 Å². The van der Waals surface area contributed by atoms with E-state index in [4.69, 9.17) is 134 Å². The van der Waals surface area contributed by atoms with E-state index in [9.17, 15) is 37.2 Å². The summed E-state index contributed by atoms with van der Waals surface area (Å²) in [6.45, 7) is 34.6. The number of aliphatic hydroxyl groups is 2. The van der Waals surface area contributed by atoms with Crippen LogP contribution < -0.4 is 55.9 Å². The van der Waals surface area contributed by atoms with Crippen molar-refractivity contribution < 1.29 is 115 Å². The molecule has 0 atom stereocenters. The third-order valence-corrected chi connectivity index (χ3v) is 12.7. The number of ether oxygens (including phenoxy) is 7. The number of rotatable bonds is 14. The van der Waals surface area contributed by atoms with E-state index in [1.807, 2.05) is 13.8 Å². The molecule has 583 valence electrons. The molecule has 17 radical (unpaired) electrons. The smallest absolute Gasteiger partial charge is 0.857 e. The molecule has 0 saturated heterocycles. The number of aromatic nitrogens is 8. The second kappa shape index (κ2) is 56.9. The molecule has 5 rings (SSSR count). The molecule has 1 aromatic carbocycles. The molecule has 49 heteroatoms. The van der Waals surface area contributed by atoms with Crippen LogP contribution in [0.3, 0.4) is 0 Å². The summed E-state index contributed by atoms with van der Waals surface area (Å²) in [6, 6.07) is 6.37. The predicted octanol–water partition coefficient (Wildman–Crippen LogP) is 4.12. The number of hydrogen-bond donors (Lipinski definition) is 5. The molecule has 0 unspecified atom stereocenters. The Bertz CT molecular complexity index is 3410. The summed E-state index contributed by atoms with van der Waals surface area (Å²) in [6.07, 6.45) is 3.97. The third-order valence-electron chi connectivity index (χ3n) is 11.0. The average Bonchev–Trinajstić information content (AvgIpc) is 0.826. The number of nitrogens with zero attached hydrogens (tertiary/aromatic N) is 9. The number of alkyl halides is 1. The summed E-state index contributed by atoms with van der Waals surface area (Å²) in [5, 5.41) is 30.3. The number of aryl methyl sites for hydroxylation is 2. The van der Waals surface area contributed by atoms with Gasteiger partial charge < -0.3 is 54.2 Å². The van der Waals surface area contributed by atoms with Gasteiger partial charge >= 0.3 is 66.2 Å². The number of nitrogen functional groups attached to an aromatic ring is 1. The summed E-state index contributed by atoms with van der Waals surface area (Å²) in [7, 11) is 48.1. The molecule has 4 heterocycles. The summed E-state index contributed by atoms with van der Waals surface area (Å²) in [4.78, 5) is 101. The number of benzene rings is 1. The number of nitrogens with two attached hydrogens (primary N) is 1. The van der Waals surface area contributed by atoms with Crippen molar-refractivity contribution in [2.45, 2.75) is 225 Å². The molecule has 0 spiro atoms. The molecular formula is C62H101B15Cl2N12NaO18S. The Balaban J connectivity index is -0.000000228. The molecule has 6 N–H and O–H groups in total. The maximum atomic E-state index is 12.4. The van der Waals surface area contributed by atoms with Gasteiger partial charge in [0, 0.05) is 184 Å². The molecule has 4 aromatic heterocycles. The van der Waals surface area contributed by atoms with Gasteiger partial charge in [0.15, 0.2) is 0 Å². The standard InChI is InChI=1S/C16H25N3O4.C10H14ClN3O2.C10H15N3O3.C10H18O5.C7H7ClO2S.C5H7N3O.CH3O.3CH4.B15.Na/c1-8-11-9-17-12(18-10-11)19(13(20)22-15(2,3)4)14(21)23-16(5,6)7;1-10(2,3)16-9(15)14-8-12-5-7(4-11)6-13-8;1-10(2,3)16-9(15)13-8-11-4-7(6-14)5-12-8;1-9(2,3)14-7(11)13-8(12)15-10(4,5)6;1-6-2-4-7(5-3-6)11(8,9)10;6-5-7-1-4(3-9)2-8-5;1-2;;;;1-9-13(8)15(12(6)7)14(10(2)3)11(4)5;/h9-10H,8H2,1-7H3;5-6H,4H2,1-3H3,(H,12,13,14,15);4-5,14H,6H2,1-3H3,(H,11,12,13,15);1-6H3;2-5H,1H3;1-2,9H,3H2,(H2,6,7,8);1H3;3*1H4;;/q;;;;;;-1;;;;;+1. The first-order valence-corrected chi connectivity index (χ1v) is 35.2. The number of hydrogen-bond acceptors (Lipinski definition) is 27. The maximum absolute atomic E-state index is 12.4. The largest absolute Gasteiger partial charge is 1.00 e. The molecule has 5 aromatic rings. The van der Waals surface area contributed by atoms with Crippen molar-refractivity contribution in [3.05, 3.63) is 102 Å². The summed E-state index contributed by atoms with van der Waals surface area (Å²) < 4.78 is 55.8. The van der Waals surface area contributed by atoms with Crippen LogP contribution in [0.25, 0.3) is 0 Å². The fraction of sp³-hybridized carbons (Fsp3) is 0.548. The van der Waals surface area contributed by atoms with Gasteiger partial charge in [-0.2, -0.15) is 7.11 Å². The number of anilines is 4. The van der Waals surface area contributed by atoms with Crippen LogP contribution in [0.5, 0.6) is 0 Å². The molecule has 30 nitrogen and oxygen atoms in total. The van der Waals surface area contributed by atoms with Crippen LogP contribution in [0.1, 0.15) is 182 Å². The normalized spacial score (nSPS) is 10.4. The van der Waals surface area contributed by atoms with Crippen LogP contribution in [0, 0.1) is 6.92 Å². The van der Waals surface area contributed by atoms with Gasteiger partial charge in [-0.25, -0.2) is 77.1 Å². The molecule has 0 aliphatic carbocycles. The quantitative estimate of drug-likeness (QED) is 0.0261. The van der Waals surface area contributed by atoms with Gasteiger partial charge in [0.05, 0.1) is 24.0 Å². The van der Waals surface area contributed by atoms with E-state index in [1.165, 1.54) is 44.0 Å². The molecule has 111 heavy (non-hydrogen) atoms. The van der Waals surface area contributed by atoms with Crippen LogP contribution in [0.2, 0.25) is 0 Å². The maximum Gasteiger partial charge on any atom is 1.00 e. The predicted molar refractivity (Wildman–Crippen MR) is 448 cm³/mol. The Morgan fingerprint density at radius 2 is 0.820 bits per heavy atom. The van der Waals surface area contributed by atoms with Crippen molar-refractivity contribution in [3.8, 4) is 0 Å². The Hall–Kier alpha value is -6.26. The average molecular weight is 1590 g/mol. The number of halogens is 2. The van der Waals surface area contributed by atoms with Crippen molar-refractivity contribution in [2.75, 3.05) is 28.4 Å². The van der Waals surface area contributed by atoms with E-state index in [-0.39, 0.29) is 93.7 Å². The van der Waals surface area contributed by atoms with E-state index in [0.717, 1.165) is 30.2 Å². The van der Waals surface area contributed by atoms with Crippen LogP contribution in [0.4, 0.5) is 52.6 Å². The van der Waals surface area contributed by atoms with Gasteiger partial charge in [-0.3, -0.25) is 10.6 Å². The summed E-state index contributed by atoms with van der Waals surface area (Å²) in [5.74, 6) is 0.833. The first kappa shape index (κ1) is 118. The van der Waals surface area contributed by atoms with E-state index < -0.39 is 118 Å². The zero-order chi connectivity index (χ0) is 83.8. The number of imide groups is 1. The molecule has 0 aliphatic rings. The van der Waals surface area contributed by atoms with Gasteiger partial charge in [-0.15, -0.1) is 16.5 Å². The molecular weight excluding hydrogens is 1490 g/mol. The van der Waals surface area contributed by atoms with Crippen molar-refractivity contribution in [2.24, 2.45) is 0 Å². The Labute approximate surface area is 703 Å². The third kappa shape index (κ3) is 60.0. The van der Waals surface area contributed by atoms with Crippen LogP contribution in [0.15, 0.2) is 78.7 Å². The van der Waals surface area contributed by atoms with Gasteiger partial charge in [0.1, 0.15) is 33.6 Å². The monoisotopic (exact) mass is 1590 g/mol. The minimum atomic E-state index is -3.55. The van der Waals surface area contributed by atoms with Gasteiger partial charge in [0.25, 0.3) is 9.05 Å². The van der Waals surface area contributed by atoms with Crippen LogP contribution in [-0.2, 0) is 67.7 Å². The first-order valence-electron chi connectivity index (χ1n) is 32.3. The van der Waals surface area contributed by atoms with Gasteiger partial charge in [-0.05, 0) is 156 Å². The Morgan fingerprint density at radius 1 is 0.523 bits per heavy atom. The fourth-order valence-corrected chi connectivity index (χ4v) is 7.61. The van der Waals surface area contributed by atoms with E-state index >= 15 is 0 Å². The second-order valence-electron chi connectivity index (χ2n) is 28.0. The van der Waals surface area contributed by atoms with E-state index in [2.05, 4.69) is 55.2 Å². The molecule has 0 aliphatic heterocycles. The van der Waals surface area contributed by atoms with E-state index in [1.54, 1.807) is 162 Å². The minimum Gasteiger partial charge on any atom is -0.857 e. The molecule has 0 bridgehead atoms. The van der Waals surface area contributed by atoms with Gasteiger partial charge in [-0.1, -0.05) is 46.9 Å². The number of nitrogens with one attached hydrogen (secondary N) is 2. The molecule has 0 saturated carbocycles.